The van der Waals surface area contributed by atoms with E-state index in [2.05, 4.69) is 15.2 Å². The van der Waals surface area contributed by atoms with Gasteiger partial charge in [-0.15, -0.1) is 0 Å². The SMILES string of the molecule is COCC(=O)Nc1ccc(F)c(C(N)=NO)c1. The average molecular weight is 241 g/mol. The van der Waals surface area contributed by atoms with E-state index in [1.54, 1.807) is 0 Å². The van der Waals surface area contributed by atoms with Crippen LogP contribution in [0.4, 0.5) is 10.1 Å². The van der Waals surface area contributed by atoms with E-state index in [4.69, 9.17) is 10.9 Å². The molecule has 0 bridgehead atoms. The average Bonchev–Trinajstić information content (AvgIpc) is 2.31. The summed E-state index contributed by atoms with van der Waals surface area (Å²) in [7, 11) is 1.38. The number of halogens is 1. The van der Waals surface area contributed by atoms with Crippen LogP contribution < -0.4 is 11.1 Å². The molecular formula is C10H12FN3O3. The van der Waals surface area contributed by atoms with Crippen molar-refractivity contribution in [1.29, 1.82) is 0 Å². The minimum atomic E-state index is -0.648. The molecule has 0 saturated heterocycles. The number of amides is 1. The topological polar surface area (TPSA) is 96.9 Å². The third kappa shape index (κ3) is 3.42. The number of carbonyl (C=O) groups is 1. The molecule has 17 heavy (non-hydrogen) atoms. The molecule has 1 rings (SSSR count). The van der Waals surface area contributed by atoms with Gasteiger partial charge in [-0.25, -0.2) is 4.39 Å². The first-order valence-corrected chi connectivity index (χ1v) is 4.64. The highest BCUT2D eigenvalue weighted by Gasteiger charge is 2.09. The van der Waals surface area contributed by atoms with E-state index in [-0.39, 0.29) is 23.9 Å². The van der Waals surface area contributed by atoms with E-state index in [1.165, 1.54) is 19.2 Å². The fourth-order valence-corrected chi connectivity index (χ4v) is 1.18. The van der Waals surface area contributed by atoms with E-state index in [1.807, 2.05) is 0 Å². The summed E-state index contributed by atoms with van der Waals surface area (Å²) in [4.78, 5) is 11.2. The van der Waals surface area contributed by atoms with Crippen molar-refractivity contribution in [2.24, 2.45) is 10.9 Å². The predicted octanol–water partition coefficient (Wildman–Crippen LogP) is 0.505. The minimum absolute atomic E-state index is 0.0947. The molecule has 6 nitrogen and oxygen atoms in total. The first-order valence-electron chi connectivity index (χ1n) is 4.64. The van der Waals surface area contributed by atoms with Gasteiger partial charge in [-0.2, -0.15) is 0 Å². The van der Waals surface area contributed by atoms with Crippen molar-refractivity contribution >= 4 is 17.4 Å². The zero-order chi connectivity index (χ0) is 12.8. The molecule has 0 unspecified atom stereocenters. The van der Waals surface area contributed by atoms with Gasteiger partial charge in [0, 0.05) is 12.8 Å². The maximum atomic E-state index is 13.3. The number of anilines is 1. The molecule has 4 N–H and O–H groups in total. The first-order chi connectivity index (χ1) is 8.08. The monoisotopic (exact) mass is 241 g/mol. The van der Waals surface area contributed by atoms with Crippen molar-refractivity contribution in [1.82, 2.24) is 0 Å². The fourth-order valence-electron chi connectivity index (χ4n) is 1.18. The van der Waals surface area contributed by atoms with Crippen molar-refractivity contribution < 1.29 is 19.1 Å². The molecule has 0 saturated carbocycles. The summed E-state index contributed by atoms with van der Waals surface area (Å²) in [5.41, 5.74) is 5.51. The van der Waals surface area contributed by atoms with Crippen LogP contribution in [0.25, 0.3) is 0 Å². The molecule has 0 atom stereocenters. The minimum Gasteiger partial charge on any atom is -0.409 e. The van der Waals surface area contributed by atoms with E-state index >= 15 is 0 Å². The molecule has 0 aliphatic rings. The Balaban J connectivity index is 2.93. The molecule has 0 heterocycles. The van der Waals surface area contributed by atoms with Crippen molar-refractivity contribution in [2.75, 3.05) is 19.0 Å². The number of rotatable bonds is 4. The lowest BCUT2D eigenvalue weighted by Gasteiger charge is -2.07. The van der Waals surface area contributed by atoms with Crippen molar-refractivity contribution in [2.45, 2.75) is 0 Å². The molecule has 0 spiro atoms. The lowest BCUT2D eigenvalue weighted by Crippen LogP contribution is -2.19. The third-order valence-electron chi connectivity index (χ3n) is 1.91. The van der Waals surface area contributed by atoms with Crippen LogP contribution in [-0.2, 0) is 9.53 Å². The van der Waals surface area contributed by atoms with E-state index < -0.39 is 5.82 Å². The summed E-state index contributed by atoms with van der Waals surface area (Å²) >= 11 is 0. The van der Waals surface area contributed by atoms with E-state index in [9.17, 15) is 9.18 Å². The highest BCUT2D eigenvalue weighted by molar-refractivity contribution is 5.99. The number of hydrogen-bond donors (Lipinski definition) is 3. The van der Waals surface area contributed by atoms with Gasteiger partial charge >= 0.3 is 0 Å². The van der Waals surface area contributed by atoms with E-state index in [0.29, 0.717) is 5.69 Å². The van der Waals surface area contributed by atoms with Gasteiger partial charge in [0.05, 0.1) is 5.56 Å². The van der Waals surface area contributed by atoms with Crippen molar-refractivity contribution in [3.8, 4) is 0 Å². The second kappa shape index (κ2) is 5.80. The molecule has 0 aliphatic carbocycles. The van der Waals surface area contributed by atoms with Gasteiger partial charge in [0.15, 0.2) is 5.84 Å². The zero-order valence-electron chi connectivity index (χ0n) is 9.11. The van der Waals surface area contributed by atoms with Gasteiger partial charge < -0.3 is 21.0 Å². The van der Waals surface area contributed by atoms with Crippen LogP contribution in [0.15, 0.2) is 23.4 Å². The van der Waals surface area contributed by atoms with Crippen LogP contribution in [0.1, 0.15) is 5.56 Å². The summed E-state index contributed by atoms with van der Waals surface area (Å²) < 4.78 is 17.9. The predicted molar refractivity (Wildman–Crippen MR) is 59.4 cm³/mol. The van der Waals surface area contributed by atoms with Gasteiger partial charge in [-0.1, -0.05) is 5.16 Å². The van der Waals surface area contributed by atoms with Crippen molar-refractivity contribution in [3.05, 3.63) is 29.6 Å². The number of nitrogens with zero attached hydrogens (tertiary/aromatic N) is 1. The first kappa shape index (κ1) is 12.9. The fraction of sp³-hybridized carbons (Fsp3) is 0.200. The molecule has 1 amide bonds. The molecule has 1 aromatic rings. The van der Waals surface area contributed by atoms with Crippen LogP contribution in [0.5, 0.6) is 0 Å². The highest BCUT2D eigenvalue weighted by Crippen LogP contribution is 2.14. The number of carbonyl (C=O) groups excluding carboxylic acids is 1. The number of amidine groups is 1. The second-order valence-electron chi connectivity index (χ2n) is 3.16. The molecule has 7 heteroatoms. The molecular weight excluding hydrogens is 229 g/mol. The number of nitrogens with two attached hydrogens (primary N) is 1. The number of nitrogens with one attached hydrogen (secondary N) is 1. The third-order valence-corrected chi connectivity index (χ3v) is 1.91. The van der Waals surface area contributed by atoms with E-state index in [0.717, 1.165) is 6.07 Å². The standard InChI is InChI=1S/C10H12FN3O3/c1-17-5-9(15)13-6-2-3-8(11)7(4-6)10(12)14-16/h2-4,16H,5H2,1H3,(H2,12,14)(H,13,15). The van der Waals surface area contributed by atoms with Gasteiger partial charge in [0.25, 0.3) is 0 Å². The number of benzene rings is 1. The smallest absolute Gasteiger partial charge is 0.250 e. The Hall–Kier alpha value is -2.15. The Kier molecular flexibility index (Phi) is 4.41. The number of hydrogen-bond acceptors (Lipinski definition) is 4. The molecule has 0 fully saturated rings. The number of oxime groups is 1. The van der Waals surface area contributed by atoms with Gasteiger partial charge in [-0.3, -0.25) is 4.79 Å². The Morgan fingerprint density at radius 3 is 2.94 bits per heavy atom. The summed E-state index contributed by atoms with van der Waals surface area (Å²) in [5, 5.41) is 13.6. The van der Waals surface area contributed by atoms with Crippen molar-refractivity contribution in [3.63, 3.8) is 0 Å². The largest absolute Gasteiger partial charge is 0.409 e. The maximum Gasteiger partial charge on any atom is 0.250 e. The summed E-state index contributed by atoms with van der Waals surface area (Å²) in [6.45, 7) is -0.115. The maximum absolute atomic E-state index is 13.3. The number of methoxy groups -OCH3 is 1. The molecule has 0 radical (unpaired) electrons. The lowest BCUT2D eigenvalue weighted by molar-refractivity contribution is -0.119. The quantitative estimate of drug-likeness (QED) is 0.309. The van der Waals surface area contributed by atoms with Crippen LogP contribution >= 0.6 is 0 Å². The Morgan fingerprint density at radius 2 is 2.35 bits per heavy atom. The van der Waals surface area contributed by atoms with Gasteiger partial charge in [0.2, 0.25) is 5.91 Å². The zero-order valence-corrected chi connectivity index (χ0v) is 9.11. The normalized spacial score (nSPS) is 11.3. The molecule has 92 valence electrons. The Labute approximate surface area is 96.9 Å². The lowest BCUT2D eigenvalue weighted by atomic mass is 10.1. The summed E-state index contributed by atoms with van der Waals surface area (Å²) in [5.74, 6) is -1.40. The number of ether oxygens (including phenoxy) is 1. The van der Waals surface area contributed by atoms with Gasteiger partial charge in [-0.05, 0) is 18.2 Å². The molecule has 0 aromatic heterocycles. The Bertz CT molecular complexity index is 448. The summed E-state index contributed by atoms with van der Waals surface area (Å²) in [6.07, 6.45) is 0. The second-order valence-corrected chi connectivity index (χ2v) is 3.16. The van der Waals surface area contributed by atoms with Crippen LogP contribution in [0.2, 0.25) is 0 Å². The molecule has 0 aliphatic heterocycles. The van der Waals surface area contributed by atoms with Crippen LogP contribution in [-0.4, -0.2) is 30.7 Å². The summed E-state index contributed by atoms with van der Waals surface area (Å²) in [6, 6.07) is 3.73. The van der Waals surface area contributed by atoms with Crippen LogP contribution in [0, 0.1) is 5.82 Å². The molecule has 1 aromatic carbocycles. The van der Waals surface area contributed by atoms with Crippen LogP contribution in [0.3, 0.4) is 0 Å². The Morgan fingerprint density at radius 1 is 1.65 bits per heavy atom. The highest BCUT2D eigenvalue weighted by atomic mass is 19.1. The van der Waals surface area contributed by atoms with Gasteiger partial charge in [0.1, 0.15) is 12.4 Å².